The van der Waals surface area contributed by atoms with Gasteiger partial charge in [0.1, 0.15) is 11.6 Å². The van der Waals surface area contributed by atoms with Gasteiger partial charge < -0.3 is 34.9 Å². The Kier molecular flexibility index (Phi) is 7.89. The SMILES string of the molecule is COc1ccc(Nc2ncccc2NC(=O)c2cccnc2Nc2cc(OC)c(OC)c(OC)c2)cc1. The van der Waals surface area contributed by atoms with Crippen molar-refractivity contribution in [3.63, 3.8) is 0 Å². The van der Waals surface area contributed by atoms with E-state index in [1.807, 2.05) is 24.3 Å². The monoisotopic (exact) mass is 501 g/mol. The lowest BCUT2D eigenvalue weighted by Crippen LogP contribution is -2.16. The van der Waals surface area contributed by atoms with E-state index in [-0.39, 0.29) is 5.91 Å². The molecule has 0 aliphatic rings. The van der Waals surface area contributed by atoms with Crippen molar-refractivity contribution in [1.29, 1.82) is 0 Å². The number of rotatable bonds is 10. The Balaban J connectivity index is 1.58. The summed E-state index contributed by atoms with van der Waals surface area (Å²) in [7, 11) is 6.21. The van der Waals surface area contributed by atoms with Crippen LogP contribution in [0.15, 0.2) is 73.1 Å². The molecule has 2 aromatic heterocycles. The van der Waals surface area contributed by atoms with Gasteiger partial charge in [-0.1, -0.05) is 0 Å². The van der Waals surface area contributed by atoms with E-state index >= 15 is 0 Å². The maximum Gasteiger partial charge on any atom is 0.259 e. The number of hydrogen-bond donors (Lipinski definition) is 3. The van der Waals surface area contributed by atoms with Crippen LogP contribution in [0.3, 0.4) is 0 Å². The van der Waals surface area contributed by atoms with Crippen molar-refractivity contribution < 1.29 is 23.7 Å². The van der Waals surface area contributed by atoms with Crippen molar-refractivity contribution in [2.45, 2.75) is 0 Å². The molecule has 37 heavy (non-hydrogen) atoms. The summed E-state index contributed by atoms with van der Waals surface area (Å²) in [4.78, 5) is 22.1. The van der Waals surface area contributed by atoms with Crippen LogP contribution in [0, 0.1) is 0 Å². The second-order valence-electron chi connectivity index (χ2n) is 7.65. The number of benzene rings is 2. The van der Waals surface area contributed by atoms with Crippen LogP contribution in [0.4, 0.5) is 28.7 Å². The Morgan fingerprint density at radius 3 is 1.95 bits per heavy atom. The Morgan fingerprint density at radius 1 is 0.703 bits per heavy atom. The molecule has 0 bridgehead atoms. The first-order valence-electron chi connectivity index (χ1n) is 11.3. The van der Waals surface area contributed by atoms with Crippen molar-refractivity contribution in [1.82, 2.24) is 9.97 Å². The van der Waals surface area contributed by atoms with E-state index in [2.05, 4.69) is 25.9 Å². The third-order valence-electron chi connectivity index (χ3n) is 5.39. The molecule has 2 aromatic carbocycles. The smallest absolute Gasteiger partial charge is 0.259 e. The first-order valence-corrected chi connectivity index (χ1v) is 11.3. The van der Waals surface area contributed by atoms with Crippen molar-refractivity contribution in [3.8, 4) is 23.0 Å². The average molecular weight is 502 g/mol. The number of methoxy groups -OCH3 is 4. The number of pyridine rings is 2. The molecular formula is C27H27N5O5. The van der Waals surface area contributed by atoms with Crippen molar-refractivity contribution in [3.05, 3.63) is 78.6 Å². The van der Waals surface area contributed by atoms with Crippen molar-refractivity contribution in [2.75, 3.05) is 44.4 Å². The van der Waals surface area contributed by atoms with Gasteiger partial charge in [0, 0.05) is 35.9 Å². The molecule has 4 aromatic rings. The molecule has 0 spiro atoms. The molecule has 0 saturated heterocycles. The van der Waals surface area contributed by atoms with Crippen LogP contribution < -0.4 is 34.9 Å². The van der Waals surface area contributed by atoms with E-state index in [0.717, 1.165) is 11.4 Å². The van der Waals surface area contributed by atoms with E-state index in [0.29, 0.717) is 45.8 Å². The molecule has 0 saturated carbocycles. The summed E-state index contributed by atoms with van der Waals surface area (Å²) in [6, 6.07) is 17.7. The van der Waals surface area contributed by atoms with E-state index in [1.165, 1.54) is 21.3 Å². The molecule has 2 heterocycles. The van der Waals surface area contributed by atoms with Gasteiger partial charge in [-0.25, -0.2) is 9.97 Å². The lowest BCUT2D eigenvalue weighted by Gasteiger charge is -2.16. The number of aromatic nitrogens is 2. The third-order valence-corrected chi connectivity index (χ3v) is 5.39. The number of nitrogens with zero attached hydrogens (tertiary/aromatic N) is 2. The zero-order valence-electron chi connectivity index (χ0n) is 20.9. The zero-order chi connectivity index (χ0) is 26.2. The highest BCUT2D eigenvalue weighted by Crippen LogP contribution is 2.40. The van der Waals surface area contributed by atoms with Gasteiger partial charge in [0.25, 0.3) is 5.91 Å². The van der Waals surface area contributed by atoms with Gasteiger partial charge in [0.15, 0.2) is 17.3 Å². The number of carbonyl (C=O) groups excluding carboxylic acids is 1. The third kappa shape index (κ3) is 5.81. The summed E-state index contributed by atoms with van der Waals surface area (Å²) >= 11 is 0. The molecular weight excluding hydrogens is 474 g/mol. The highest BCUT2D eigenvalue weighted by Gasteiger charge is 2.18. The standard InChI is InChI=1S/C27H27N5O5/c1-34-19-11-9-17(10-12-19)30-26-21(8-6-14-29-26)32-27(33)20-7-5-13-28-25(20)31-18-15-22(35-2)24(37-4)23(16-18)36-3/h5-16H,1-4H3,(H,28,31)(H,29,30)(H,32,33). The molecule has 1 amide bonds. The summed E-state index contributed by atoms with van der Waals surface area (Å²) < 4.78 is 21.4. The molecule has 10 nitrogen and oxygen atoms in total. The summed E-state index contributed by atoms with van der Waals surface area (Å²) in [6.07, 6.45) is 3.24. The first-order chi connectivity index (χ1) is 18.1. The largest absolute Gasteiger partial charge is 0.497 e. The predicted octanol–water partition coefficient (Wildman–Crippen LogP) is 5.25. The van der Waals surface area contributed by atoms with E-state index in [1.54, 1.807) is 55.9 Å². The maximum absolute atomic E-state index is 13.3. The molecule has 0 atom stereocenters. The summed E-state index contributed by atoms with van der Waals surface area (Å²) in [5.41, 5.74) is 2.23. The number of hydrogen-bond acceptors (Lipinski definition) is 9. The van der Waals surface area contributed by atoms with E-state index in [4.69, 9.17) is 18.9 Å². The zero-order valence-corrected chi connectivity index (χ0v) is 20.9. The Bertz CT molecular complexity index is 1350. The fourth-order valence-electron chi connectivity index (χ4n) is 3.58. The van der Waals surface area contributed by atoms with Gasteiger partial charge in [-0.15, -0.1) is 0 Å². The van der Waals surface area contributed by atoms with Crippen LogP contribution in [-0.4, -0.2) is 44.3 Å². The topological polar surface area (TPSA) is 116 Å². The lowest BCUT2D eigenvalue weighted by atomic mass is 10.2. The van der Waals surface area contributed by atoms with Gasteiger partial charge in [-0.05, 0) is 48.5 Å². The minimum absolute atomic E-state index is 0.329. The number of ether oxygens (including phenoxy) is 4. The summed E-state index contributed by atoms with van der Waals surface area (Å²) in [6.45, 7) is 0. The number of carbonyl (C=O) groups is 1. The molecule has 0 radical (unpaired) electrons. The molecule has 3 N–H and O–H groups in total. The summed E-state index contributed by atoms with van der Waals surface area (Å²) in [5.74, 6) is 2.61. The Morgan fingerprint density at radius 2 is 1.32 bits per heavy atom. The van der Waals surface area contributed by atoms with E-state index < -0.39 is 0 Å². The quantitative estimate of drug-likeness (QED) is 0.268. The predicted molar refractivity (Wildman–Crippen MR) is 142 cm³/mol. The molecule has 0 aliphatic carbocycles. The summed E-state index contributed by atoms with van der Waals surface area (Å²) in [5, 5.41) is 9.31. The van der Waals surface area contributed by atoms with Gasteiger partial charge in [-0.3, -0.25) is 4.79 Å². The van der Waals surface area contributed by atoms with Crippen molar-refractivity contribution >= 4 is 34.6 Å². The molecule has 0 fully saturated rings. The van der Waals surface area contributed by atoms with Crippen LogP contribution in [-0.2, 0) is 0 Å². The molecule has 190 valence electrons. The van der Waals surface area contributed by atoms with Gasteiger partial charge in [-0.2, -0.15) is 0 Å². The van der Waals surface area contributed by atoms with Gasteiger partial charge >= 0.3 is 0 Å². The molecule has 10 heteroatoms. The highest BCUT2D eigenvalue weighted by molar-refractivity contribution is 6.09. The number of anilines is 5. The lowest BCUT2D eigenvalue weighted by molar-refractivity contribution is 0.102. The highest BCUT2D eigenvalue weighted by atomic mass is 16.5. The van der Waals surface area contributed by atoms with Gasteiger partial charge in [0.05, 0.1) is 39.7 Å². The number of nitrogens with one attached hydrogen (secondary N) is 3. The molecule has 0 unspecified atom stereocenters. The second-order valence-corrected chi connectivity index (χ2v) is 7.65. The van der Waals surface area contributed by atoms with Crippen LogP contribution in [0.5, 0.6) is 23.0 Å². The van der Waals surface area contributed by atoms with Crippen LogP contribution in [0.2, 0.25) is 0 Å². The molecule has 4 rings (SSSR count). The van der Waals surface area contributed by atoms with Crippen LogP contribution in [0.25, 0.3) is 0 Å². The Hall–Kier alpha value is -4.99. The first kappa shape index (κ1) is 25.1. The normalized spacial score (nSPS) is 10.3. The van der Waals surface area contributed by atoms with Crippen LogP contribution >= 0.6 is 0 Å². The van der Waals surface area contributed by atoms with Crippen LogP contribution in [0.1, 0.15) is 10.4 Å². The fourth-order valence-corrected chi connectivity index (χ4v) is 3.58. The fraction of sp³-hybridized carbons (Fsp3) is 0.148. The average Bonchev–Trinajstić information content (AvgIpc) is 2.94. The maximum atomic E-state index is 13.3. The minimum atomic E-state index is -0.367. The molecule has 0 aliphatic heterocycles. The minimum Gasteiger partial charge on any atom is -0.497 e. The van der Waals surface area contributed by atoms with Gasteiger partial charge in [0.2, 0.25) is 5.75 Å². The second kappa shape index (κ2) is 11.6. The van der Waals surface area contributed by atoms with E-state index in [9.17, 15) is 4.79 Å². The number of amides is 1. The Labute approximate surface area is 214 Å². The van der Waals surface area contributed by atoms with Crippen molar-refractivity contribution in [2.24, 2.45) is 0 Å².